The quantitative estimate of drug-likeness (QED) is 0.468. The maximum atomic E-state index is 11.3. The zero-order valence-corrected chi connectivity index (χ0v) is 9.81. The van der Waals surface area contributed by atoms with Crippen molar-refractivity contribution < 1.29 is 4.79 Å². The molecule has 0 aromatic rings. The summed E-state index contributed by atoms with van der Waals surface area (Å²) in [5, 5.41) is 6.11. The van der Waals surface area contributed by atoms with Crippen LogP contribution in [0.4, 0.5) is 0 Å². The molecule has 2 N–H and O–H groups in total. The average molecular weight is 210 g/mol. The number of hydrogen-bond acceptors (Lipinski definition) is 2. The minimum absolute atomic E-state index is 0.119. The van der Waals surface area contributed by atoms with E-state index in [-0.39, 0.29) is 11.9 Å². The second kappa shape index (κ2) is 9.54. The molecule has 0 radical (unpaired) electrons. The van der Waals surface area contributed by atoms with Crippen LogP contribution < -0.4 is 10.6 Å². The van der Waals surface area contributed by atoms with E-state index in [0.29, 0.717) is 6.42 Å². The van der Waals surface area contributed by atoms with Gasteiger partial charge in [0.15, 0.2) is 0 Å². The molecule has 1 unspecified atom stereocenters. The Kier molecular flexibility index (Phi) is 8.90. The van der Waals surface area contributed by atoms with Gasteiger partial charge in [-0.1, -0.05) is 6.92 Å². The first kappa shape index (κ1) is 14.0. The standard InChI is InChI=1S/C12H22N2O/c1-4-6-7-9-13-10-8-12(15)14-11(3)5-2/h1,11,13H,5-10H2,2-3H3,(H,14,15). The van der Waals surface area contributed by atoms with Crippen molar-refractivity contribution in [1.82, 2.24) is 10.6 Å². The normalized spacial score (nSPS) is 11.8. The van der Waals surface area contributed by atoms with E-state index < -0.39 is 0 Å². The first-order valence-corrected chi connectivity index (χ1v) is 5.64. The van der Waals surface area contributed by atoms with Crippen LogP contribution in [-0.2, 0) is 4.79 Å². The highest BCUT2D eigenvalue weighted by Gasteiger charge is 2.03. The largest absolute Gasteiger partial charge is 0.354 e. The van der Waals surface area contributed by atoms with Crippen LogP contribution in [0.2, 0.25) is 0 Å². The van der Waals surface area contributed by atoms with Gasteiger partial charge in [-0.2, -0.15) is 0 Å². The number of hydrogen-bond donors (Lipinski definition) is 2. The first-order valence-electron chi connectivity index (χ1n) is 5.64. The average Bonchev–Trinajstić information content (AvgIpc) is 2.23. The summed E-state index contributed by atoms with van der Waals surface area (Å²) in [7, 11) is 0. The zero-order valence-electron chi connectivity index (χ0n) is 9.81. The van der Waals surface area contributed by atoms with Crippen LogP contribution in [-0.4, -0.2) is 25.0 Å². The van der Waals surface area contributed by atoms with Crippen molar-refractivity contribution in [3.63, 3.8) is 0 Å². The summed E-state index contributed by atoms with van der Waals surface area (Å²) in [6.45, 7) is 5.69. The molecule has 0 rings (SSSR count). The Morgan fingerprint density at radius 3 is 2.80 bits per heavy atom. The summed E-state index contributed by atoms with van der Waals surface area (Å²) in [5.41, 5.74) is 0. The molecule has 0 saturated carbocycles. The molecule has 0 aliphatic heterocycles. The molecule has 1 atom stereocenters. The molecule has 0 aromatic carbocycles. The Morgan fingerprint density at radius 2 is 2.20 bits per heavy atom. The fourth-order valence-electron chi connectivity index (χ4n) is 1.09. The Labute approximate surface area is 93.0 Å². The van der Waals surface area contributed by atoms with Crippen molar-refractivity contribution in [2.75, 3.05) is 13.1 Å². The van der Waals surface area contributed by atoms with Gasteiger partial charge >= 0.3 is 0 Å². The molecule has 0 fully saturated rings. The van der Waals surface area contributed by atoms with Gasteiger partial charge in [0.25, 0.3) is 0 Å². The van der Waals surface area contributed by atoms with Crippen LogP contribution in [0, 0.1) is 12.3 Å². The Morgan fingerprint density at radius 1 is 1.47 bits per heavy atom. The van der Waals surface area contributed by atoms with Gasteiger partial charge < -0.3 is 10.6 Å². The molecular weight excluding hydrogens is 188 g/mol. The van der Waals surface area contributed by atoms with E-state index in [1.165, 1.54) is 0 Å². The lowest BCUT2D eigenvalue weighted by atomic mass is 10.2. The number of unbranched alkanes of at least 4 members (excludes halogenated alkanes) is 1. The first-order chi connectivity index (χ1) is 7.20. The van der Waals surface area contributed by atoms with E-state index in [4.69, 9.17) is 6.42 Å². The predicted octanol–water partition coefficient (Wildman–Crippen LogP) is 1.29. The molecule has 0 heterocycles. The predicted molar refractivity (Wildman–Crippen MR) is 63.4 cm³/mol. The Balaban J connectivity index is 3.28. The maximum Gasteiger partial charge on any atom is 0.221 e. The van der Waals surface area contributed by atoms with Gasteiger partial charge in [0.1, 0.15) is 0 Å². The third-order valence-corrected chi connectivity index (χ3v) is 2.22. The summed E-state index contributed by atoms with van der Waals surface area (Å²) in [6, 6.07) is 0.277. The zero-order chi connectivity index (χ0) is 11.5. The topological polar surface area (TPSA) is 41.1 Å². The molecule has 1 amide bonds. The Hall–Kier alpha value is -1.01. The third-order valence-electron chi connectivity index (χ3n) is 2.22. The van der Waals surface area contributed by atoms with E-state index in [1.807, 2.05) is 6.92 Å². The van der Waals surface area contributed by atoms with Crippen molar-refractivity contribution in [2.45, 2.75) is 45.6 Å². The second-order valence-corrected chi connectivity index (χ2v) is 3.68. The van der Waals surface area contributed by atoms with Crippen molar-refractivity contribution in [2.24, 2.45) is 0 Å². The highest BCUT2D eigenvalue weighted by Crippen LogP contribution is 1.89. The number of carbonyl (C=O) groups is 1. The molecular formula is C12H22N2O. The number of carbonyl (C=O) groups excluding carboxylic acids is 1. The van der Waals surface area contributed by atoms with E-state index in [9.17, 15) is 4.79 Å². The van der Waals surface area contributed by atoms with E-state index in [2.05, 4.69) is 23.5 Å². The van der Waals surface area contributed by atoms with Crippen molar-refractivity contribution >= 4 is 5.91 Å². The summed E-state index contributed by atoms with van der Waals surface area (Å²) >= 11 is 0. The summed E-state index contributed by atoms with van der Waals surface area (Å²) in [4.78, 5) is 11.3. The monoisotopic (exact) mass is 210 g/mol. The van der Waals surface area contributed by atoms with Gasteiger partial charge in [-0.3, -0.25) is 4.79 Å². The molecule has 0 aliphatic carbocycles. The smallest absolute Gasteiger partial charge is 0.221 e. The lowest BCUT2D eigenvalue weighted by molar-refractivity contribution is -0.121. The molecule has 15 heavy (non-hydrogen) atoms. The van der Waals surface area contributed by atoms with Crippen molar-refractivity contribution in [3.8, 4) is 12.3 Å². The molecule has 0 aromatic heterocycles. The number of nitrogens with one attached hydrogen (secondary N) is 2. The molecule has 3 heteroatoms. The van der Waals surface area contributed by atoms with Gasteiger partial charge in [-0.15, -0.1) is 12.3 Å². The van der Waals surface area contributed by atoms with Crippen LogP contribution in [0.3, 0.4) is 0 Å². The van der Waals surface area contributed by atoms with Crippen molar-refractivity contribution in [1.29, 1.82) is 0 Å². The third kappa shape index (κ3) is 9.30. The van der Waals surface area contributed by atoms with Crippen LogP contribution in [0.5, 0.6) is 0 Å². The Bertz CT molecular complexity index is 208. The van der Waals surface area contributed by atoms with E-state index in [0.717, 1.165) is 32.4 Å². The summed E-state index contributed by atoms with van der Waals surface area (Å²) < 4.78 is 0. The van der Waals surface area contributed by atoms with Gasteiger partial charge in [-0.25, -0.2) is 0 Å². The lowest BCUT2D eigenvalue weighted by Gasteiger charge is -2.11. The van der Waals surface area contributed by atoms with Gasteiger partial charge in [0.2, 0.25) is 5.91 Å². The lowest BCUT2D eigenvalue weighted by Crippen LogP contribution is -2.34. The van der Waals surface area contributed by atoms with Crippen LogP contribution in [0.1, 0.15) is 39.5 Å². The minimum atomic E-state index is 0.119. The van der Waals surface area contributed by atoms with Crippen LogP contribution in [0.25, 0.3) is 0 Å². The van der Waals surface area contributed by atoms with Crippen LogP contribution in [0.15, 0.2) is 0 Å². The van der Waals surface area contributed by atoms with E-state index in [1.54, 1.807) is 0 Å². The maximum absolute atomic E-state index is 11.3. The van der Waals surface area contributed by atoms with Gasteiger partial charge in [0.05, 0.1) is 0 Å². The molecule has 0 bridgehead atoms. The number of terminal acetylenes is 1. The summed E-state index contributed by atoms with van der Waals surface area (Å²) in [6.07, 6.45) is 8.41. The molecule has 0 spiro atoms. The van der Waals surface area contributed by atoms with E-state index >= 15 is 0 Å². The summed E-state index contributed by atoms with van der Waals surface area (Å²) in [5.74, 6) is 2.70. The van der Waals surface area contributed by atoms with Crippen LogP contribution >= 0.6 is 0 Å². The molecule has 3 nitrogen and oxygen atoms in total. The highest BCUT2D eigenvalue weighted by atomic mass is 16.1. The number of rotatable bonds is 8. The van der Waals surface area contributed by atoms with Gasteiger partial charge in [0, 0.05) is 25.4 Å². The highest BCUT2D eigenvalue weighted by molar-refractivity contribution is 5.76. The molecule has 0 aliphatic rings. The fraction of sp³-hybridized carbons (Fsp3) is 0.750. The minimum Gasteiger partial charge on any atom is -0.354 e. The fourth-order valence-corrected chi connectivity index (χ4v) is 1.09. The molecule has 0 saturated heterocycles. The van der Waals surface area contributed by atoms with Crippen molar-refractivity contribution in [3.05, 3.63) is 0 Å². The SMILES string of the molecule is C#CCCCNCCC(=O)NC(C)CC. The molecule has 86 valence electrons. The second-order valence-electron chi connectivity index (χ2n) is 3.68. The number of amides is 1. The van der Waals surface area contributed by atoms with Gasteiger partial charge in [-0.05, 0) is 26.3 Å².